The fourth-order valence-electron chi connectivity index (χ4n) is 7.24. The van der Waals surface area contributed by atoms with Crippen molar-refractivity contribution in [3.05, 3.63) is 78.9 Å². The Labute approximate surface area is 348 Å². The zero-order valence-electron chi connectivity index (χ0n) is 34.5. The molecule has 1 aliphatic heterocycles. The van der Waals surface area contributed by atoms with Crippen molar-refractivity contribution in [2.45, 2.75) is 19.8 Å². The molecular weight excluding hydrogens is 771 g/mol. The van der Waals surface area contributed by atoms with E-state index in [4.69, 9.17) is 38.1 Å². The molecule has 0 unspecified atom stereocenters. The molecule has 13 nitrogen and oxygen atoms in total. The molecule has 1 fully saturated rings. The van der Waals surface area contributed by atoms with E-state index in [9.17, 15) is 4.79 Å². The molecule has 2 aromatic heterocycles. The lowest BCUT2D eigenvalue weighted by atomic mass is 10.1. The van der Waals surface area contributed by atoms with Crippen molar-refractivity contribution < 1.29 is 38.0 Å². The van der Waals surface area contributed by atoms with E-state index in [1.807, 2.05) is 60.7 Å². The normalized spacial score (nSPS) is 13.3. The highest BCUT2D eigenvalue weighted by Gasteiger charge is 2.21. The number of hydrogen-bond donors (Lipinski definition) is 0. The second-order valence-electron chi connectivity index (χ2n) is 14.1. The number of carbonyl (C=O) groups is 1. The molecule has 0 amide bonds. The van der Waals surface area contributed by atoms with E-state index in [-0.39, 0.29) is 5.91 Å². The van der Waals surface area contributed by atoms with Crippen LogP contribution in [0.3, 0.4) is 0 Å². The SMILES string of the molecule is COc1ccc(-c2nc3ccccc3s2)cc1OCCCN1CCN(CCCOc2cc(-c3cc(-c4cc(OC)c(OC)c(OC)c4)nn3C(C)=O)ccc2OC)CC1. The number of benzene rings is 4. The van der Waals surface area contributed by atoms with Crippen LogP contribution >= 0.6 is 11.3 Å². The number of para-hydroxylation sites is 1. The molecule has 59 heavy (non-hydrogen) atoms. The lowest BCUT2D eigenvalue weighted by Crippen LogP contribution is -2.47. The number of thiazole rings is 1. The van der Waals surface area contributed by atoms with Crippen LogP contribution < -0.4 is 33.2 Å². The predicted octanol–water partition coefficient (Wildman–Crippen LogP) is 8.05. The maximum atomic E-state index is 12.8. The fourth-order valence-corrected chi connectivity index (χ4v) is 8.20. The molecule has 0 bridgehead atoms. The maximum absolute atomic E-state index is 12.8. The zero-order valence-corrected chi connectivity index (χ0v) is 35.3. The van der Waals surface area contributed by atoms with E-state index in [2.05, 4.69) is 21.0 Å². The first-order valence-electron chi connectivity index (χ1n) is 19.7. The monoisotopic (exact) mass is 821 g/mol. The van der Waals surface area contributed by atoms with Gasteiger partial charge in [-0.25, -0.2) is 4.98 Å². The largest absolute Gasteiger partial charge is 0.493 e. The van der Waals surface area contributed by atoms with Crippen LogP contribution in [-0.2, 0) is 0 Å². The van der Waals surface area contributed by atoms with Gasteiger partial charge in [0.2, 0.25) is 11.7 Å². The number of aromatic nitrogens is 3. The molecular formula is C45H51N5O8S. The van der Waals surface area contributed by atoms with Crippen molar-refractivity contribution in [2.24, 2.45) is 0 Å². The van der Waals surface area contributed by atoms with E-state index in [0.29, 0.717) is 58.9 Å². The van der Waals surface area contributed by atoms with Crippen LogP contribution in [0.1, 0.15) is 24.6 Å². The number of carbonyl (C=O) groups excluding carboxylic acids is 1. The summed E-state index contributed by atoms with van der Waals surface area (Å²) in [5.41, 5.74) is 4.70. The van der Waals surface area contributed by atoms with Gasteiger partial charge in [0.05, 0.1) is 70.4 Å². The Morgan fingerprint density at radius 3 is 1.71 bits per heavy atom. The Hall–Kier alpha value is -5.83. The number of fused-ring (bicyclic) bond motifs is 1. The third kappa shape index (κ3) is 9.56. The summed E-state index contributed by atoms with van der Waals surface area (Å²) in [6.07, 6.45) is 1.78. The van der Waals surface area contributed by atoms with Crippen molar-refractivity contribution >= 4 is 27.5 Å². The fraction of sp³-hybridized carbons (Fsp3) is 0.356. The quantitative estimate of drug-likeness (QED) is 0.0781. The van der Waals surface area contributed by atoms with Gasteiger partial charge < -0.3 is 43.0 Å². The first kappa shape index (κ1) is 41.3. The summed E-state index contributed by atoms with van der Waals surface area (Å²) in [6.45, 7) is 8.52. The van der Waals surface area contributed by atoms with E-state index >= 15 is 0 Å². The molecule has 6 aromatic rings. The third-order valence-electron chi connectivity index (χ3n) is 10.3. The molecule has 0 radical (unpaired) electrons. The minimum absolute atomic E-state index is 0.228. The molecule has 0 aliphatic carbocycles. The minimum Gasteiger partial charge on any atom is -0.493 e. The van der Waals surface area contributed by atoms with Gasteiger partial charge in [-0.3, -0.25) is 4.79 Å². The highest BCUT2D eigenvalue weighted by Crippen LogP contribution is 2.42. The van der Waals surface area contributed by atoms with Crippen LogP contribution in [0.2, 0.25) is 0 Å². The topological polar surface area (TPSA) is 119 Å². The molecule has 1 aliphatic rings. The number of hydrogen-bond acceptors (Lipinski definition) is 13. The summed E-state index contributed by atoms with van der Waals surface area (Å²) in [6, 6.07) is 25.3. The van der Waals surface area contributed by atoms with Gasteiger partial charge in [0, 0.05) is 62.9 Å². The second kappa shape index (κ2) is 19.3. The standard InChI is InChI=1S/C45H51N5O8S/c1-30(51)50-36(29-35(47-50)33-27-41(54-4)44(56-6)42(28-33)55-5)31-13-15-37(52-2)39(25-31)57-23-9-17-48-19-21-49(22-20-48)18-10-24-58-40-26-32(14-16-38(40)53-3)45-46-34-11-7-8-12-43(34)59-45/h7-8,11-16,25-29H,9-10,17-24H2,1-6H3. The van der Waals surface area contributed by atoms with Crippen LogP contribution in [0.5, 0.6) is 40.2 Å². The van der Waals surface area contributed by atoms with E-state index in [0.717, 1.165) is 85.3 Å². The number of nitrogens with zero attached hydrogens (tertiary/aromatic N) is 5. The first-order chi connectivity index (χ1) is 28.8. The molecule has 0 atom stereocenters. The predicted molar refractivity (Wildman–Crippen MR) is 230 cm³/mol. The molecule has 3 heterocycles. The van der Waals surface area contributed by atoms with Crippen LogP contribution in [0.15, 0.2) is 78.9 Å². The summed E-state index contributed by atoms with van der Waals surface area (Å²) in [5.74, 6) is 3.91. The Morgan fingerprint density at radius 2 is 1.17 bits per heavy atom. The Morgan fingerprint density at radius 1 is 0.627 bits per heavy atom. The zero-order chi connectivity index (χ0) is 41.3. The van der Waals surface area contributed by atoms with Crippen molar-refractivity contribution in [1.82, 2.24) is 24.6 Å². The van der Waals surface area contributed by atoms with Gasteiger partial charge in [0.15, 0.2) is 34.5 Å². The highest BCUT2D eigenvalue weighted by molar-refractivity contribution is 7.21. The maximum Gasteiger partial charge on any atom is 0.244 e. The van der Waals surface area contributed by atoms with Gasteiger partial charge in [-0.05, 0) is 79.6 Å². The van der Waals surface area contributed by atoms with Crippen LogP contribution in [0.25, 0.3) is 43.3 Å². The molecule has 0 N–H and O–H groups in total. The van der Waals surface area contributed by atoms with E-state index in [1.54, 1.807) is 59.0 Å². The molecule has 1 saturated heterocycles. The number of piperazine rings is 1. The van der Waals surface area contributed by atoms with Gasteiger partial charge in [-0.1, -0.05) is 12.1 Å². The van der Waals surface area contributed by atoms with Crippen molar-refractivity contribution in [2.75, 3.05) is 88.0 Å². The summed E-state index contributed by atoms with van der Waals surface area (Å²) in [5, 5.41) is 5.62. The Kier molecular flexibility index (Phi) is 13.5. The molecule has 7 rings (SSSR count). The van der Waals surface area contributed by atoms with Crippen molar-refractivity contribution in [3.8, 4) is 73.3 Å². The van der Waals surface area contributed by atoms with Crippen molar-refractivity contribution in [1.29, 1.82) is 0 Å². The van der Waals surface area contributed by atoms with Crippen LogP contribution in [-0.4, -0.2) is 119 Å². The molecule has 14 heteroatoms. The number of rotatable bonds is 18. The van der Waals surface area contributed by atoms with Gasteiger partial charge in [0.25, 0.3) is 0 Å². The van der Waals surface area contributed by atoms with Crippen LogP contribution in [0, 0.1) is 0 Å². The third-order valence-corrected chi connectivity index (χ3v) is 11.4. The molecule has 4 aromatic carbocycles. The second-order valence-corrected chi connectivity index (χ2v) is 15.1. The summed E-state index contributed by atoms with van der Waals surface area (Å²) in [4.78, 5) is 22.6. The average molecular weight is 822 g/mol. The molecule has 0 saturated carbocycles. The average Bonchev–Trinajstić information content (AvgIpc) is 3.92. The van der Waals surface area contributed by atoms with E-state index in [1.165, 1.54) is 16.3 Å². The van der Waals surface area contributed by atoms with Crippen LogP contribution in [0.4, 0.5) is 0 Å². The lowest BCUT2D eigenvalue weighted by molar-refractivity contribution is 0.0923. The van der Waals surface area contributed by atoms with Gasteiger partial charge >= 0.3 is 0 Å². The molecule has 310 valence electrons. The number of ether oxygens (including phenoxy) is 7. The lowest BCUT2D eigenvalue weighted by Gasteiger charge is -2.34. The highest BCUT2D eigenvalue weighted by atomic mass is 32.1. The van der Waals surface area contributed by atoms with E-state index < -0.39 is 0 Å². The van der Waals surface area contributed by atoms with Gasteiger partial charge in [-0.15, -0.1) is 11.3 Å². The summed E-state index contributed by atoms with van der Waals surface area (Å²) in [7, 11) is 7.97. The minimum atomic E-state index is -0.228. The Balaban J connectivity index is 0.889. The summed E-state index contributed by atoms with van der Waals surface area (Å²) >= 11 is 1.68. The number of methoxy groups -OCH3 is 5. The smallest absolute Gasteiger partial charge is 0.244 e. The van der Waals surface area contributed by atoms with Gasteiger partial charge in [-0.2, -0.15) is 9.78 Å². The molecule has 0 spiro atoms. The van der Waals surface area contributed by atoms with Crippen molar-refractivity contribution in [3.63, 3.8) is 0 Å². The first-order valence-corrected chi connectivity index (χ1v) is 20.5. The van der Waals surface area contributed by atoms with Gasteiger partial charge in [0.1, 0.15) is 5.01 Å². The summed E-state index contributed by atoms with van der Waals surface area (Å²) < 4.78 is 42.9. The Bertz CT molecular complexity index is 2310.